The van der Waals surface area contributed by atoms with E-state index in [1.165, 1.54) is 17.0 Å². The van der Waals surface area contributed by atoms with Gasteiger partial charge in [-0.3, -0.25) is 4.79 Å². The van der Waals surface area contributed by atoms with Crippen LogP contribution in [0.1, 0.15) is 21.5 Å². The van der Waals surface area contributed by atoms with Crippen molar-refractivity contribution in [2.45, 2.75) is 13.5 Å². The van der Waals surface area contributed by atoms with Crippen LogP contribution < -0.4 is 10.6 Å². The van der Waals surface area contributed by atoms with Crippen LogP contribution in [-0.4, -0.2) is 13.0 Å². The molecule has 2 aromatic carbocycles. The molecule has 0 unspecified atom stereocenters. The van der Waals surface area contributed by atoms with Crippen molar-refractivity contribution in [3.63, 3.8) is 0 Å². The minimum absolute atomic E-state index is 0.0660. The summed E-state index contributed by atoms with van der Waals surface area (Å²) in [6.45, 7) is 2.18. The van der Waals surface area contributed by atoms with Crippen LogP contribution in [0, 0.1) is 12.7 Å². The van der Waals surface area contributed by atoms with E-state index in [4.69, 9.17) is 5.73 Å². The monoisotopic (exact) mass is 272 g/mol. The molecule has 0 radical (unpaired) electrons. The zero-order chi connectivity index (χ0) is 14.7. The molecule has 20 heavy (non-hydrogen) atoms. The highest BCUT2D eigenvalue weighted by atomic mass is 19.1. The Hall–Kier alpha value is -2.20. The van der Waals surface area contributed by atoms with Crippen molar-refractivity contribution in [2.75, 3.05) is 11.9 Å². The number of aryl methyl sites for hydroxylation is 1. The maximum atomic E-state index is 13.9. The highest BCUT2D eigenvalue weighted by Crippen LogP contribution is 2.19. The van der Waals surface area contributed by atoms with Crippen LogP contribution in [0.2, 0.25) is 0 Å². The lowest BCUT2D eigenvalue weighted by molar-refractivity contribution is 0.0989. The molecule has 0 aliphatic carbocycles. The molecule has 3 nitrogen and oxygen atoms in total. The maximum Gasteiger partial charge on any atom is 0.260 e. The van der Waals surface area contributed by atoms with E-state index in [1.807, 2.05) is 18.2 Å². The highest BCUT2D eigenvalue weighted by molar-refractivity contribution is 6.05. The first-order chi connectivity index (χ1) is 9.52. The fourth-order valence-corrected chi connectivity index (χ4v) is 1.98. The summed E-state index contributed by atoms with van der Waals surface area (Å²) in [6, 6.07) is 11.9. The van der Waals surface area contributed by atoms with Gasteiger partial charge in [0.2, 0.25) is 0 Å². The third kappa shape index (κ3) is 2.86. The molecule has 0 spiro atoms. The number of anilines is 1. The third-order valence-corrected chi connectivity index (χ3v) is 3.19. The summed E-state index contributed by atoms with van der Waals surface area (Å²) >= 11 is 0. The van der Waals surface area contributed by atoms with Gasteiger partial charge in [0.1, 0.15) is 5.82 Å². The molecule has 2 aromatic rings. The van der Waals surface area contributed by atoms with Crippen molar-refractivity contribution in [3.8, 4) is 0 Å². The van der Waals surface area contributed by atoms with Crippen LogP contribution in [0.15, 0.2) is 42.5 Å². The minimum Gasteiger partial charge on any atom is -0.326 e. The fraction of sp³-hybridized carbons (Fsp3) is 0.188. The summed E-state index contributed by atoms with van der Waals surface area (Å²) in [4.78, 5) is 13.8. The number of benzene rings is 2. The molecule has 2 rings (SSSR count). The standard InChI is InChI=1S/C16H17FN2O/c1-11-6-7-14(15(17)8-11)16(20)19(2)13-5-3-4-12(9-13)10-18/h3-9H,10,18H2,1-2H3. The number of nitrogens with two attached hydrogens (primary N) is 1. The SMILES string of the molecule is Cc1ccc(C(=O)N(C)c2cccc(CN)c2)c(F)c1. The zero-order valence-corrected chi connectivity index (χ0v) is 11.6. The predicted molar refractivity (Wildman–Crippen MR) is 78.2 cm³/mol. The van der Waals surface area contributed by atoms with E-state index in [2.05, 4.69) is 0 Å². The van der Waals surface area contributed by atoms with Crippen LogP contribution in [0.3, 0.4) is 0 Å². The average molecular weight is 272 g/mol. The molecule has 1 amide bonds. The quantitative estimate of drug-likeness (QED) is 0.934. The summed E-state index contributed by atoms with van der Waals surface area (Å²) in [6.07, 6.45) is 0. The molecule has 2 N–H and O–H groups in total. The molecule has 0 saturated carbocycles. The number of hydrogen-bond acceptors (Lipinski definition) is 2. The van der Waals surface area contributed by atoms with Crippen molar-refractivity contribution in [2.24, 2.45) is 5.73 Å². The number of carbonyl (C=O) groups excluding carboxylic acids is 1. The van der Waals surface area contributed by atoms with E-state index in [0.29, 0.717) is 12.2 Å². The van der Waals surface area contributed by atoms with Gasteiger partial charge < -0.3 is 10.6 Å². The Labute approximate surface area is 117 Å². The summed E-state index contributed by atoms with van der Waals surface area (Å²) in [5.41, 5.74) is 8.05. The van der Waals surface area contributed by atoms with Crippen molar-refractivity contribution in [1.82, 2.24) is 0 Å². The van der Waals surface area contributed by atoms with Crippen molar-refractivity contribution in [1.29, 1.82) is 0 Å². The van der Waals surface area contributed by atoms with Gasteiger partial charge in [-0.05, 0) is 42.3 Å². The number of carbonyl (C=O) groups is 1. The van der Waals surface area contributed by atoms with E-state index in [0.717, 1.165) is 11.1 Å². The molecule has 0 aliphatic heterocycles. The van der Waals surface area contributed by atoms with E-state index in [-0.39, 0.29) is 11.5 Å². The molecular formula is C16H17FN2O. The second kappa shape index (κ2) is 5.84. The Morgan fingerprint density at radius 3 is 2.65 bits per heavy atom. The first-order valence-corrected chi connectivity index (χ1v) is 6.36. The molecule has 104 valence electrons. The Kier molecular flexibility index (Phi) is 4.15. The Morgan fingerprint density at radius 2 is 2.00 bits per heavy atom. The van der Waals surface area contributed by atoms with Crippen LogP contribution in [0.4, 0.5) is 10.1 Å². The Bertz CT molecular complexity index is 640. The van der Waals surface area contributed by atoms with Crippen LogP contribution in [-0.2, 0) is 6.54 Å². The Balaban J connectivity index is 2.32. The van der Waals surface area contributed by atoms with Gasteiger partial charge in [-0.15, -0.1) is 0 Å². The molecule has 0 fully saturated rings. The van der Waals surface area contributed by atoms with Gasteiger partial charge >= 0.3 is 0 Å². The molecular weight excluding hydrogens is 255 g/mol. The molecule has 4 heteroatoms. The van der Waals surface area contributed by atoms with Crippen molar-refractivity contribution < 1.29 is 9.18 Å². The number of halogens is 1. The molecule has 0 saturated heterocycles. The van der Waals surface area contributed by atoms with E-state index >= 15 is 0 Å². The topological polar surface area (TPSA) is 46.3 Å². The van der Waals surface area contributed by atoms with Crippen LogP contribution >= 0.6 is 0 Å². The second-order valence-corrected chi connectivity index (χ2v) is 4.72. The van der Waals surface area contributed by atoms with E-state index in [9.17, 15) is 9.18 Å². The van der Waals surface area contributed by atoms with Gasteiger partial charge in [0.15, 0.2) is 0 Å². The zero-order valence-electron chi connectivity index (χ0n) is 11.6. The first kappa shape index (κ1) is 14.2. The molecule has 0 heterocycles. The lowest BCUT2D eigenvalue weighted by Crippen LogP contribution is -2.27. The first-order valence-electron chi connectivity index (χ1n) is 6.36. The smallest absolute Gasteiger partial charge is 0.260 e. The number of amides is 1. The molecule has 0 aromatic heterocycles. The molecule has 0 atom stereocenters. The van der Waals surface area contributed by atoms with Gasteiger partial charge in [0, 0.05) is 19.3 Å². The second-order valence-electron chi connectivity index (χ2n) is 4.72. The summed E-state index contributed by atoms with van der Waals surface area (Å²) < 4.78 is 13.9. The summed E-state index contributed by atoms with van der Waals surface area (Å²) in [7, 11) is 1.62. The van der Waals surface area contributed by atoms with Gasteiger partial charge in [-0.2, -0.15) is 0 Å². The normalized spacial score (nSPS) is 10.4. The van der Waals surface area contributed by atoms with Gasteiger partial charge in [-0.1, -0.05) is 18.2 Å². The predicted octanol–water partition coefficient (Wildman–Crippen LogP) is 2.87. The number of hydrogen-bond donors (Lipinski definition) is 1. The largest absolute Gasteiger partial charge is 0.326 e. The molecule has 0 bridgehead atoms. The van der Waals surface area contributed by atoms with Crippen LogP contribution in [0.25, 0.3) is 0 Å². The third-order valence-electron chi connectivity index (χ3n) is 3.19. The minimum atomic E-state index is -0.503. The van der Waals surface area contributed by atoms with Crippen molar-refractivity contribution in [3.05, 3.63) is 65.0 Å². The summed E-state index contributed by atoms with van der Waals surface area (Å²) in [5.74, 6) is -0.881. The van der Waals surface area contributed by atoms with Gasteiger partial charge in [0.25, 0.3) is 5.91 Å². The van der Waals surface area contributed by atoms with E-state index in [1.54, 1.807) is 26.1 Å². The maximum absolute atomic E-state index is 13.9. The van der Waals surface area contributed by atoms with Crippen LogP contribution in [0.5, 0.6) is 0 Å². The van der Waals surface area contributed by atoms with Gasteiger partial charge in [0.05, 0.1) is 5.56 Å². The molecule has 0 aliphatic rings. The van der Waals surface area contributed by atoms with Gasteiger partial charge in [-0.25, -0.2) is 4.39 Å². The number of nitrogens with zero attached hydrogens (tertiary/aromatic N) is 1. The lowest BCUT2D eigenvalue weighted by Gasteiger charge is -2.18. The van der Waals surface area contributed by atoms with E-state index < -0.39 is 5.82 Å². The van der Waals surface area contributed by atoms with Crippen molar-refractivity contribution >= 4 is 11.6 Å². The average Bonchev–Trinajstić information content (AvgIpc) is 2.46. The highest BCUT2D eigenvalue weighted by Gasteiger charge is 2.17. The number of rotatable bonds is 3. The fourth-order valence-electron chi connectivity index (χ4n) is 1.98. The Morgan fingerprint density at radius 1 is 1.25 bits per heavy atom. The lowest BCUT2D eigenvalue weighted by atomic mass is 10.1. The summed E-state index contributed by atoms with van der Waals surface area (Å²) in [5, 5.41) is 0.